The lowest BCUT2D eigenvalue weighted by Crippen LogP contribution is -2.05. The van der Waals surface area contributed by atoms with Crippen molar-refractivity contribution >= 4 is 38.5 Å². The fraction of sp³-hybridized carbons (Fsp3) is 0.143. The highest BCUT2D eigenvalue weighted by Gasteiger charge is 2.18. The highest BCUT2D eigenvalue weighted by Crippen LogP contribution is 2.28. The lowest BCUT2D eigenvalue weighted by molar-refractivity contribution is 0.107. The predicted molar refractivity (Wildman–Crippen MR) is 51.5 cm³/mol. The zero-order chi connectivity index (χ0) is 10.9. The van der Waals surface area contributed by atoms with Gasteiger partial charge in [-0.2, -0.15) is 0 Å². The first-order valence-corrected chi connectivity index (χ1v) is 4.54. The summed E-state index contributed by atoms with van der Waals surface area (Å²) in [6, 6.07) is 1.17. The van der Waals surface area contributed by atoms with Crippen molar-refractivity contribution in [3.05, 3.63) is 21.9 Å². The second-order valence-electron chi connectivity index (χ2n) is 2.37. The third-order valence-electron chi connectivity index (χ3n) is 1.43. The van der Waals surface area contributed by atoms with Gasteiger partial charge in [0, 0.05) is 4.47 Å². The molecule has 0 saturated carbocycles. The van der Waals surface area contributed by atoms with Crippen molar-refractivity contribution in [2.75, 3.05) is 5.73 Å². The summed E-state index contributed by atoms with van der Waals surface area (Å²) in [5.41, 5.74) is 4.40. The van der Waals surface area contributed by atoms with Gasteiger partial charge in [-0.1, -0.05) is 0 Å². The van der Waals surface area contributed by atoms with Crippen LogP contribution in [0.4, 0.5) is 14.5 Å². The molecule has 2 N–H and O–H groups in total. The molecule has 7 heteroatoms. The van der Waals surface area contributed by atoms with Gasteiger partial charge in [-0.3, -0.25) is 4.79 Å². The summed E-state index contributed by atoms with van der Waals surface area (Å²) in [7, 11) is 0. The van der Waals surface area contributed by atoms with Gasteiger partial charge in [-0.25, -0.2) is 13.8 Å². The number of pyridine rings is 1. The number of anilines is 1. The van der Waals surface area contributed by atoms with E-state index in [1.54, 1.807) is 0 Å². The van der Waals surface area contributed by atoms with Crippen LogP contribution in [0.1, 0.15) is 22.6 Å². The van der Waals surface area contributed by atoms with Gasteiger partial charge in [0.15, 0.2) is 0 Å². The molecule has 0 radical (unpaired) electrons. The molecule has 0 atom stereocenters. The Morgan fingerprint density at radius 2 is 2.21 bits per heavy atom. The van der Waals surface area contributed by atoms with Crippen LogP contribution in [0.15, 0.2) is 10.5 Å². The Labute approximate surface area is 91.4 Å². The molecule has 1 rings (SSSR count). The van der Waals surface area contributed by atoms with E-state index in [2.05, 4.69) is 20.9 Å². The van der Waals surface area contributed by atoms with Crippen molar-refractivity contribution < 1.29 is 13.6 Å². The van der Waals surface area contributed by atoms with Crippen molar-refractivity contribution in [1.82, 2.24) is 4.98 Å². The maximum Gasteiger partial charge on any atom is 0.281 e. The Balaban J connectivity index is 3.34. The van der Waals surface area contributed by atoms with Crippen LogP contribution in [0.5, 0.6) is 0 Å². The molecule has 1 aromatic heterocycles. The molecule has 0 aliphatic rings. The van der Waals surface area contributed by atoms with E-state index in [0.29, 0.717) is 0 Å². The molecule has 1 aromatic rings. The van der Waals surface area contributed by atoms with Crippen molar-refractivity contribution in [3.8, 4) is 0 Å². The number of alkyl halides is 2. The zero-order valence-corrected chi connectivity index (χ0v) is 8.94. The van der Waals surface area contributed by atoms with Crippen molar-refractivity contribution in [3.63, 3.8) is 0 Å². The van der Waals surface area contributed by atoms with E-state index in [1.807, 2.05) is 0 Å². The highest BCUT2D eigenvalue weighted by molar-refractivity contribution is 9.10. The summed E-state index contributed by atoms with van der Waals surface area (Å²) < 4.78 is 24.7. The molecule has 0 saturated heterocycles. The lowest BCUT2D eigenvalue weighted by atomic mass is 10.2. The summed E-state index contributed by atoms with van der Waals surface area (Å²) >= 11 is 7.95. The third-order valence-corrected chi connectivity index (χ3v) is 2.24. The molecule has 0 aliphatic heterocycles. The standard InChI is InChI=1S/C7H4BrClF2N2O/c8-2-1-3(12)5(6(9)14)13-4(2)7(10)11/h1,7H,12H2. The number of hydrogen-bond donors (Lipinski definition) is 1. The largest absolute Gasteiger partial charge is 0.397 e. The fourth-order valence-electron chi connectivity index (χ4n) is 0.828. The number of hydrogen-bond acceptors (Lipinski definition) is 3. The molecule has 3 nitrogen and oxygen atoms in total. The van der Waals surface area contributed by atoms with Gasteiger partial charge in [0.05, 0.1) is 5.69 Å². The van der Waals surface area contributed by atoms with Crippen LogP contribution in [-0.4, -0.2) is 10.2 Å². The van der Waals surface area contributed by atoms with E-state index in [1.165, 1.54) is 6.07 Å². The second kappa shape index (κ2) is 4.18. The molecular weight excluding hydrogens is 281 g/mol. The van der Waals surface area contributed by atoms with Gasteiger partial charge < -0.3 is 5.73 Å². The molecule has 0 bridgehead atoms. The molecule has 76 valence electrons. The Bertz CT molecular complexity index is 386. The van der Waals surface area contributed by atoms with Crippen molar-refractivity contribution in [2.45, 2.75) is 6.43 Å². The molecule has 0 fully saturated rings. The van der Waals surface area contributed by atoms with Gasteiger partial charge in [-0.05, 0) is 33.6 Å². The van der Waals surface area contributed by atoms with Crippen LogP contribution >= 0.6 is 27.5 Å². The maximum atomic E-state index is 12.3. The Morgan fingerprint density at radius 3 is 2.64 bits per heavy atom. The normalized spacial score (nSPS) is 10.6. The molecule has 1 heterocycles. The monoisotopic (exact) mass is 284 g/mol. The minimum atomic E-state index is -2.79. The summed E-state index contributed by atoms with van der Waals surface area (Å²) in [6.07, 6.45) is -2.79. The number of nitrogens with zero attached hydrogens (tertiary/aromatic N) is 1. The van der Waals surface area contributed by atoms with Crippen LogP contribution in [0.2, 0.25) is 0 Å². The smallest absolute Gasteiger partial charge is 0.281 e. The number of carbonyl (C=O) groups excluding carboxylic acids is 1. The number of nitrogen functional groups attached to an aromatic ring is 1. The quantitative estimate of drug-likeness (QED) is 0.850. The molecule has 0 unspecified atom stereocenters. The van der Waals surface area contributed by atoms with Gasteiger partial charge >= 0.3 is 0 Å². The summed E-state index contributed by atoms with van der Waals surface area (Å²) in [5.74, 6) is 0. The lowest BCUT2D eigenvalue weighted by Gasteiger charge is -2.06. The van der Waals surface area contributed by atoms with Gasteiger partial charge in [-0.15, -0.1) is 0 Å². The second-order valence-corrected chi connectivity index (χ2v) is 3.57. The fourth-order valence-corrected chi connectivity index (χ4v) is 1.49. The molecule has 14 heavy (non-hydrogen) atoms. The number of aromatic nitrogens is 1. The zero-order valence-electron chi connectivity index (χ0n) is 6.60. The van der Waals surface area contributed by atoms with Crippen LogP contribution < -0.4 is 5.73 Å². The Morgan fingerprint density at radius 1 is 1.64 bits per heavy atom. The molecule has 0 aliphatic carbocycles. The minimum absolute atomic E-state index is 0.0405. The van der Waals surface area contributed by atoms with Crippen LogP contribution in [0.3, 0.4) is 0 Å². The summed E-state index contributed by atoms with van der Waals surface area (Å²) in [6.45, 7) is 0. The highest BCUT2D eigenvalue weighted by atomic mass is 79.9. The van der Waals surface area contributed by atoms with Crippen LogP contribution in [0.25, 0.3) is 0 Å². The van der Waals surface area contributed by atoms with E-state index < -0.39 is 17.4 Å². The molecule has 0 amide bonds. The van der Waals surface area contributed by atoms with Gasteiger partial charge in [0.2, 0.25) is 0 Å². The van der Waals surface area contributed by atoms with E-state index in [9.17, 15) is 13.6 Å². The first-order valence-electron chi connectivity index (χ1n) is 3.37. The van der Waals surface area contributed by atoms with E-state index in [-0.39, 0.29) is 15.9 Å². The minimum Gasteiger partial charge on any atom is -0.397 e. The first-order chi connectivity index (χ1) is 6.43. The Kier molecular flexibility index (Phi) is 3.38. The van der Waals surface area contributed by atoms with E-state index in [4.69, 9.17) is 17.3 Å². The maximum absolute atomic E-state index is 12.3. The van der Waals surface area contributed by atoms with Crippen molar-refractivity contribution in [1.29, 1.82) is 0 Å². The Hall–Kier alpha value is -0.750. The third kappa shape index (κ3) is 2.19. The summed E-state index contributed by atoms with van der Waals surface area (Å²) in [5, 5.41) is -0.961. The van der Waals surface area contributed by atoms with Crippen LogP contribution in [0, 0.1) is 0 Å². The number of halogens is 4. The molecule has 0 aromatic carbocycles. The average molecular weight is 285 g/mol. The topological polar surface area (TPSA) is 56.0 Å². The predicted octanol–water partition coefficient (Wildman–Crippen LogP) is 2.74. The van der Waals surface area contributed by atoms with Crippen molar-refractivity contribution in [2.24, 2.45) is 0 Å². The van der Waals surface area contributed by atoms with E-state index in [0.717, 1.165) is 0 Å². The SMILES string of the molecule is Nc1cc(Br)c(C(F)F)nc1C(=O)Cl. The summed E-state index contributed by atoms with van der Waals surface area (Å²) in [4.78, 5) is 14.1. The van der Waals surface area contributed by atoms with E-state index >= 15 is 0 Å². The first kappa shape index (κ1) is 11.3. The number of nitrogens with two attached hydrogens (primary N) is 1. The van der Waals surface area contributed by atoms with Gasteiger partial charge in [0.25, 0.3) is 11.7 Å². The van der Waals surface area contributed by atoms with Crippen LogP contribution in [-0.2, 0) is 0 Å². The van der Waals surface area contributed by atoms with Gasteiger partial charge in [0.1, 0.15) is 11.4 Å². The average Bonchev–Trinajstić information content (AvgIpc) is 2.02. The number of carbonyl (C=O) groups is 1. The molecular formula is C7H4BrClF2N2O. The molecule has 0 spiro atoms. The number of rotatable bonds is 2.